The molecule has 0 saturated heterocycles. The van der Waals surface area contributed by atoms with Gasteiger partial charge >= 0.3 is 0 Å². The molecule has 196 valence electrons. The lowest BCUT2D eigenvalue weighted by Crippen LogP contribution is -1.99. The van der Waals surface area contributed by atoms with Gasteiger partial charge in [0.05, 0.1) is 16.7 Å². The maximum atomic E-state index is 6.48. The van der Waals surface area contributed by atoms with Crippen molar-refractivity contribution in [3.8, 4) is 23.0 Å². The molecule has 0 bridgehead atoms. The number of rotatable bonds is 4. The molecule has 4 aromatic carbocycles. The van der Waals surface area contributed by atoms with E-state index < -0.39 is 0 Å². The molecule has 0 aliphatic carbocycles. The standard InChI is InChI=1S/C36H26N4O/c1-23-9-7-10-25(19-23)39-32-14-5-4-12-29(32)31-16-17-34(38-36(31)39)41-27-21-24(2)20-26(22-27)40-33-15-6-3-11-28(33)30-13-8-18-37-35(30)40/h3-22H,1-2H3. The van der Waals surface area contributed by atoms with E-state index in [2.05, 4.69) is 120 Å². The molecule has 0 saturated carbocycles. The highest BCUT2D eigenvalue weighted by atomic mass is 16.5. The van der Waals surface area contributed by atoms with Crippen molar-refractivity contribution in [2.75, 3.05) is 0 Å². The Labute approximate surface area is 236 Å². The van der Waals surface area contributed by atoms with E-state index in [9.17, 15) is 0 Å². The van der Waals surface area contributed by atoms with Crippen molar-refractivity contribution >= 4 is 43.9 Å². The molecule has 0 radical (unpaired) electrons. The number of ether oxygens (including phenoxy) is 1. The Morgan fingerprint density at radius 2 is 1.22 bits per heavy atom. The van der Waals surface area contributed by atoms with Gasteiger partial charge in [0.2, 0.25) is 5.88 Å². The Morgan fingerprint density at radius 1 is 0.537 bits per heavy atom. The fourth-order valence-corrected chi connectivity index (χ4v) is 6.00. The fourth-order valence-electron chi connectivity index (χ4n) is 6.00. The van der Waals surface area contributed by atoms with Crippen LogP contribution in [0.5, 0.6) is 11.6 Å². The number of aryl methyl sites for hydroxylation is 2. The Bertz CT molecular complexity index is 2220. The van der Waals surface area contributed by atoms with Crippen molar-refractivity contribution in [3.05, 3.63) is 133 Å². The summed E-state index contributed by atoms with van der Waals surface area (Å²) in [7, 11) is 0. The molecule has 0 fully saturated rings. The van der Waals surface area contributed by atoms with E-state index in [0.717, 1.165) is 55.8 Å². The lowest BCUT2D eigenvalue weighted by atomic mass is 10.2. The second kappa shape index (κ2) is 9.07. The molecule has 0 N–H and O–H groups in total. The summed E-state index contributed by atoms with van der Waals surface area (Å²) in [5.74, 6) is 1.28. The van der Waals surface area contributed by atoms with Gasteiger partial charge in [-0.2, -0.15) is 4.98 Å². The molecular formula is C36H26N4O. The number of para-hydroxylation sites is 2. The van der Waals surface area contributed by atoms with E-state index >= 15 is 0 Å². The smallest absolute Gasteiger partial charge is 0.221 e. The molecule has 0 unspecified atom stereocenters. The highest BCUT2D eigenvalue weighted by Crippen LogP contribution is 2.35. The molecule has 0 aliphatic rings. The van der Waals surface area contributed by atoms with Crippen LogP contribution >= 0.6 is 0 Å². The predicted molar refractivity (Wildman–Crippen MR) is 167 cm³/mol. The topological polar surface area (TPSA) is 44.9 Å². The molecule has 8 rings (SSSR count). The first-order chi connectivity index (χ1) is 20.1. The minimum Gasteiger partial charge on any atom is -0.439 e. The van der Waals surface area contributed by atoms with Gasteiger partial charge in [0, 0.05) is 45.6 Å². The number of pyridine rings is 2. The number of hydrogen-bond donors (Lipinski definition) is 0. The fraction of sp³-hybridized carbons (Fsp3) is 0.0556. The van der Waals surface area contributed by atoms with Gasteiger partial charge in [-0.15, -0.1) is 0 Å². The van der Waals surface area contributed by atoms with Crippen LogP contribution in [0.25, 0.3) is 55.2 Å². The van der Waals surface area contributed by atoms with E-state index in [1.165, 1.54) is 16.3 Å². The van der Waals surface area contributed by atoms with Gasteiger partial charge in [-0.05, 0) is 79.6 Å². The summed E-state index contributed by atoms with van der Waals surface area (Å²) in [6.45, 7) is 4.20. The van der Waals surface area contributed by atoms with Gasteiger partial charge < -0.3 is 4.74 Å². The number of benzene rings is 4. The molecule has 0 amide bonds. The zero-order chi connectivity index (χ0) is 27.5. The number of hydrogen-bond acceptors (Lipinski definition) is 3. The lowest BCUT2D eigenvalue weighted by Gasteiger charge is -2.12. The van der Waals surface area contributed by atoms with Gasteiger partial charge in [0.1, 0.15) is 17.0 Å². The van der Waals surface area contributed by atoms with E-state index in [-0.39, 0.29) is 0 Å². The average molecular weight is 531 g/mol. The molecular weight excluding hydrogens is 504 g/mol. The van der Waals surface area contributed by atoms with Crippen LogP contribution in [-0.4, -0.2) is 19.1 Å². The predicted octanol–water partition coefficient (Wildman–Crippen LogP) is 9.08. The third-order valence-electron chi connectivity index (χ3n) is 7.71. The lowest BCUT2D eigenvalue weighted by molar-refractivity contribution is 0.464. The van der Waals surface area contributed by atoms with Gasteiger partial charge in [-0.25, -0.2) is 4.98 Å². The maximum Gasteiger partial charge on any atom is 0.221 e. The minimum absolute atomic E-state index is 0.547. The van der Waals surface area contributed by atoms with E-state index in [1.807, 2.05) is 24.4 Å². The summed E-state index contributed by atoms with van der Waals surface area (Å²) in [5, 5.41) is 4.56. The van der Waals surface area contributed by atoms with E-state index in [1.54, 1.807) is 0 Å². The monoisotopic (exact) mass is 530 g/mol. The van der Waals surface area contributed by atoms with Gasteiger partial charge in [0.15, 0.2) is 0 Å². The number of fused-ring (bicyclic) bond motifs is 6. The first-order valence-corrected chi connectivity index (χ1v) is 13.8. The van der Waals surface area contributed by atoms with Crippen LogP contribution in [0.4, 0.5) is 0 Å². The van der Waals surface area contributed by atoms with Crippen LogP contribution < -0.4 is 4.74 Å². The van der Waals surface area contributed by atoms with E-state index in [4.69, 9.17) is 14.7 Å². The van der Waals surface area contributed by atoms with Gasteiger partial charge in [-0.1, -0.05) is 48.5 Å². The largest absolute Gasteiger partial charge is 0.439 e. The third-order valence-corrected chi connectivity index (χ3v) is 7.71. The highest BCUT2D eigenvalue weighted by molar-refractivity contribution is 6.08. The normalized spacial score (nSPS) is 11.7. The molecule has 0 atom stereocenters. The van der Waals surface area contributed by atoms with Crippen LogP contribution in [0.3, 0.4) is 0 Å². The molecule has 41 heavy (non-hydrogen) atoms. The SMILES string of the molecule is Cc1cc(Oc2ccc3c4ccccc4n(-c4cccc(C)c4)c3n2)cc(-n2c3ccccc3c3cccnc32)c1. The molecule has 4 aromatic heterocycles. The highest BCUT2D eigenvalue weighted by Gasteiger charge is 2.16. The summed E-state index contributed by atoms with van der Waals surface area (Å²) in [6, 6.07) is 39.8. The Balaban J connectivity index is 1.28. The van der Waals surface area contributed by atoms with Crippen LogP contribution in [0, 0.1) is 13.8 Å². The van der Waals surface area contributed by atoms with Crippen LogP contribution in [0.2, 0.25) is 0 Å². The second-order valence-corrected chi connectivity index (χ2v) is 10.5. The summed E-state index contributed by atoms with van der Waals surface area (Å²) in [5.41, 5.74) is 8.40. The number of nitrogens with zero attached hydrogens (tertiary/aromatic N) is 4. The zero-order valence-electron chi connectivity index (χ0n) is 22.7. The Kier molecular flexibility index (Phi) is 5.19. The summed E-state index contributed by atoms with van der Waals surface area (Å²) in [4.78, 5) is 9.80. The van der Waals surface area contributed by atoms with Crippen molar-refractivity contribution < 1.29 is 4.74 Å². The zero-order valence-corrected chi connectivity index (χ0v) is 22.7. The van der Waals surface area contributed by atoms with Crippen LogP contribution in [-0.2, 0) is 0 Å². The molecule has 5 heteroatoms. The first-order valence-electron chi connectivity index (χ1n) is 13.8. The van der Waals surface area contributed by atoms with E-state index in [0.29, 0.717) is 5.88 Å². The summed E-state index contributed by atoms with van der Waals surface area (Å²) in [6.07, 6.45) is 1.84. The van der Waals surface area contributed by atoms with Crippen molar-refractivity contribution in [2.24, 2.45) is 0 Å². The van der Waals surface area contributed by atoms with Crippen LogP contribution in [0.15, 0.2) is 121 Å². The van der Waals surface area contributed by atoms with Gasteiger partial charge in [0.25, 0.3) is 0 Å². The Hall–Kier alpha value is -5.42. The molecule has 0 aliphatic heterocycles. The Morgan fingerprint density at radius 3 is 2.00 bits per heavy atom. The quantitative estimate of drug-likeness (QED) is 0.228. The van der Waals surface area contributed by atoms with Gasteiger partial charge in [-0.3, -0.25) is 9.13 Å². The van der Waals surface area contributed by atoms with Crippen molar-refractivity contribution in [1.29, 1.82) is 0 Å². The second-order valence-electron chi connectivity index (χ2n) is 10.5. The number of aromatic nitrogens is 4. The van der Waals surface area contributed by atoms with Crippen LogP contribution in [0.1, 0.15) is 11.1 Å². The maximum absolute atomic E-state index is 6.48. The van der Waals surface area contributed by atoms with Crippen molar-refractivity contribution in [1.82, 2.24) is 19.1 Å². The third kappa shape index (κ3) is 3.78. The molecule has 0 spiro atoms. The van der Waals surface area contributed by atoms with Crippen molar-refractivity contribution in [2.45, 2.75) is 13.8 Å². The summed E-state index contributed by atoms with van der Waals surface area (Å²) >= 11 is 0. The average Bonchev–Trinajstić information content (AvgIpc) is 3.49. The molecule has 8 aromatic rings. The van der Waals surface area contributed by atoms with Crippen molar-refractivity contribution in [3.63, 3.8) is 0 Å². The molecule has 5 nitrogen and oxygen atoms in total. The first kappa shape index (κ1) is 23.5. The molecule has 4 heterocycles. The summed E-state index contributed by atoms with van der Waals surface area (Å²) < 4.78 is 10.9. The minimum atomic E-state index is 0.547.